The van der Waals surface area contributed by atoms with Crippen molar-refractivity contribution in [3.8, 4) is 44.5 Å². The standard InChI is InChI=1S/C68H78N4/c1-63(2,3)45-32-42(33-46(38-45)64(4,5)6)60-53-26-24-51(69-53)59(41-22-20-19-21-23-41)52-25-27-54(70-52)61(43-34-47(65(7,8)9)39-48(35-43)66(10,11)12)56-29-31-58(72-56)62(57-30-28-55(60)71-57)44-36-49(67(13,14)15)40-50(37-44)68(16,17)18/h19-40,71-72H,1-18H3. The first kappa shape index (κ1) is 50.4. The largest absolute Gasteiger partial charge is 0.354 e. The monoisotopic (exact) mass is 951 g/mol. The summed E-state index contributed by atoms with van der Waals surface area (Å²) in [5.41, 5.74) is 23.7. The third-order valence-electron chi connectivity index (χ3n) is 14.7. The van der Waals surface area contributed by atoms with Gasteiger partial charge in [0.15, 0.2) is 0 Å². The third-order valence-corrected chi connectivity index (χ3v) is 14.7. The van der Waals surface area contributed by atoms with Crippen molar-refractivity contribution in [2.45, 2.75) is 157 Å². The quantitative estimate of drug-likeness (QED) is 0.185. The molecule has 0 atom stereocenters. The molecule has 72 heavy (non-hydrogen) atoms. The summed E-state index contributed by atoms with van der Waals surface area (Å²) in [6, 6.07) is 41.4. The minimum Gasteiger partial charge on any atom is -0.354 e. The maximum absolute atomic E-state index is 5.67. The number of fused-ring (bicyclic) bond motifs is 8. The zero-order valence-corrected chi connectivity index (χ0v) is 46.6. The summed E-state index contributed by atoms with van der Waals surface area (Å²) < 4.78 is 0. The van der Waals surface area contributed by atoms with E-state index in [9.17, 15) is 0 Å². The molecule has 8 bridgehead atoms. The van der Waals surface area contributed by atoms with Gasteiger partial charge in [0.05, 0.1) is 22.8 Å². The molecule has 0 saturated carbocycles. The van der Waals surface area contributed by atoms with Crippen molar-refractivity contribution in [2.75, 3.05) is 0 Å². The van der Waals surface area contributed by atoms with E-state index in [0.29, 0.717) is 0 Å². The van der Waals surface area contributed by atoms with E-state index in [4.69, 9.17) is 9.97 Å². The first-order valence-electron chi connectivity index (χ1n) is 26.1. The van der Waals surface area contributed by atoms with Crippen molar-refractivity contribution in [1.29, 1.82) is 0 Å². The lowest BCUT2D eigenvalue weighted by molar-refractivity contribution is 0.568. The summed E-state index contributed by atoms with van der Waals surface area (Å²) >= 11 is 0. The van der Waals surface area contributed by atoms with Crippen LogP contribution in [0, 0.1) is 0 Å². The van der Waals surface area contributed by atoms with Gasteiger partial charge in [-0.2, -0.15) is 0 Å². The Kier molecular flexibility index (Phi) is 12.3. The smallest absolute Gasteiger partial charge is 0.0738 e. The van der Waals surface area contributed by atoms with E-state index in [1.54, 1.807) is 0 Å². The number of aromatic amines is 2. The lowest BCUT2D eigenvalue weighted by Gasteiger charge is -2.26. The molecule has 0 spiro atoms. The molecule has 2 N–H and O–H groups in total. The highest BCUT2D eigenvalue weighted by molar-refractivity contribution is 6.00. The number of hydrogen-bond donors (Lipinski definition) is 2. The van der Waals surface area contributed by atoms with Crippen LogP contribution < -0.4 is 0 Å². The Bertz CT molecular complexity index is 3220. The second-order valence-electron chi connectivity index (χ2n) is 26.8. The maximum Gasteiger partial charge on any atom is 0.0738 e. The average Bonchev–Trinajstić information content (AvgIpc) is 4.13. The highest BCUT2D eigenvalue weighted by atomic mass is 14.8. The van der Waals surface area contributed by atoms with Gasteiger partial charge in [-0.15, -0.1) is 0 Å². The Balaban J connectivity index is 1.52. The third kappa shape index (κ3) is 9.99. The molecular formula is C68H78N4. The lowest BCUT2D eigenvalue weighted by atomic mass is 9.78. The van der Waals surface area contributed by atoms with Crippen molar-refractivity contribution in [3.05, 3.63) is 165 Å². The maximum atomic E-state index is 5.67. The van der Waals surface area contributed by atoms with Gasteiger partial charge in [-0.3, -0.25) is 0 Å². The molecule has 4 heteroatoms. The highest BCUT2D eigenvalue weighted by Gasteiger charge is 2.27. The summed E-state index contributed by atoms with van der Waals surface area (Å²) in [5.74, 6) is 0. The van der Waals surface area contributed by atoms with Crippen molar-refractivity contribution in [3.63, 3.8) is 0 Å². The van der Waals surface area contributed by atoms with Crippen LogP contribution in [-0.4, -0.2) is 19.9 Å². The molecular weight excluding hydrogens is 873 g/mol. The van der Waals surface area contributed by atoms with E-state index in [0.717, 1.165) is 89.4 Å². The van der Waals surface area contributed by atoms with Crippen LogP contribution in [0.4, 0.5) is 0 Å². The van der Waals surface area contributed by atoms with Crippen LogP contribution in [0.25, 0.3) is 90.9 Å². The summed E-state index contributed by atoms with van der Waals surface area (Å²) in [4.78, 5) is 19.5. The van der Waals surface area contributed by atoms with Gasteiger partial charge in [-0.1, -0.05) is 210 Å². The fourth-order valence-electron chi connectivity index (χ4n) is 9.94. The van der Waals surface area contributed by atoms with Crippen LogP contribution in [0.3, 0.4) is 0 Å². The molecule has 3 aromatic heterocycles. The molecule has 0 unspecified atom stereocenters. The molecule has 0 fully saturated rings. The molecule has 0 saturated heterocycles. The van der Waals surface area contributed by atoms with Crippen molar-refractivity contribution >= 4 is 46.4 Å². The molecule has 0 aliphatic carbocycles. The summed E-state index contributed by atoms with van der Waals surface area (Å²) in [7, 11) is 0. The van der Waals surface area contributed by atoms with Crippen LogP contribution >= 0.6 is 0 Å². The van der Waals surface area contributed by atoms with E-state index in [2.05, 4.69) is 268 Å². The molecule has 2 aliphatic heterocycles. The van der Waals surface area contributed by atoms with Gasteiger partial charge >= 0.3 is 0 Å². The second kappa shape index (κ2) is 17.6. The zero-order chi connectivity index (χ0) is 52.1. The van der Waals surface area contributed by atoms with Gasteiger partial charge in [0.1, 0.15) is 0 Å². The number of rotatable bonds is 4. The van der Waals surface area contributed by atoms with Gasteiger partial charge in [0, 0.05) is 44.3 Å². The van der Waals surface area contributed by atoms with Gasteiger partial charge < -0.3 is 9.97 Å². The van der Waals surface area contributed by atoms with Crippen molar-refractivity contribution < 1.29 is 0 Å². The number of H-pyrrole nitrogens is 2. The predicted molar refractivity (Wildman–Crippen MR) is 313 cm³/mol. The highest BCUT2D eigenvalue weighted by Crippen LogP contribution is 2.43. The topological polar surface area (TPSA) is 57.4 Å². The number of aromatic nitrogens is 4. The predicted octanol–water partition coefficient (Wildman–Crippen LogP) is 19.1. The molecule has 9 rings (SSSR count). The summed E-state index contributed by atoms with van der Waals surface area (Å²) in [6.45, 7) is 41.7. The molecule has 0 radical (unpaired) electrons. The van der Waals surface area contributed by atoms with Gasteiger partial charge in [0.25, 0.3) is 0 Å². The molecule has 7 aromatic rings. The molecule has 4 nitrogen and oxygen atoms in total. The van der Waals surface area contributed by atoms with E-state index in [1.165, 1.54) is 33.4 Å². The minimum atomic E-state index is -0.0812. The summed E-state index contributed by atoms with van der Waals surface area (Å²) in [5, 5.41) is 0. The number of nitrogens with one attached hydrogen (secondary N) is 2. The fourth-order valence-corrected chi connectivity index (χ4v) is 9.94. The van der Waals surface area contributed by atoms with Gasteiger partial charge in [-0.05, 0) is 137 Å². The Morgan fingerprint density at radius 2 is 0.514 bits per heavy atom. The van der Waals surface area contributed by atoms with Crippen LogP contribution in [0.5, 0.6) is 0 Å². The lowest BCUT2D eigenvalue weighted by Crippen LogP contribution is -2.16. The SMILES string of the molecule is CC(C)(C)c1cc(-c2c3nc(c(-c4ccccc4)c4nc(c(-c5cc(C(C)(C)C)cc(C(C)(C)C)c5)c5ccc([nH]5)c(-c5cc(C(C)(C)C)cc(C(C)(C)C)c5)c5ccc2[nH]5)C=C4)C=C3)cc(C(C)(C)C)c1. The minimum absolute atomic E-state index is 0.0802. The Hall–Kier alpha value is -6.52. The van der Waals surface area contributed by atoms with Crippen molar-refractivity contribution in [1.82, 2.24) is 19.9 Å². The molecule has 370 valence electrons. The average molecular weight is 951 g/mol. The van der Waals surface area contributed by atoms with Crippen LogP contribution in [0.15, 0.2) is 109 Å². The second-order valence-corrected chi connectivity index (χ2v) is 26.8. The Labute approximate surface area is 431 Å². The number of nitrogens with zero attached hydrogens (tertiary/aromatic N) is 2. The fraction of sp³-hybridized carbons (Fsp3) is 0.353. The van der Waals surface area contributed by atoms with Crippen LogP contribution in [0.2, 0.25) is 0 Å². The number of benzene rings is 4. The Morgan fingerprint density at radius 1 is 0.264 bits per heavy atom. The zero-order valence-electron chi connectivity index (χ0n) is 46.6. The first-order chi connectivity index (χ1) is 33.4. The molecule has 4 aromatic carbocycles. The normalized spacial score (nSPS) is 13.6. The van der Waals surface area contributed by atoms with E-state index < -0.39 is 0 Å². The van der Waals surface area contributed by atoms with Crippen molar-refractivity contribution in [2.24, 2.45) is 0 Å². The van der Waals surface area contributed by atoms with Crippen LogP contribution in [-0.2, 0) is 32.5 Å². The van der Waals surface area contributed by atoms with Gasteiger partial charge in [-0.25, -0.2) is 9.97 Å². The molecule has 5 heterocycles. The van der Waals surface area contributed by atoms with Crippen LogP contribution in [0.1, 0.15) is 181 Å². The van der Waals surface area contributed by atoms with E-state index >= 15 is 0 Å². The first-order valence-corrected chi connectivity index (χ1v) is 26.1. The Morgan fingerprint density at radius 3 is 0.792 bits per heavy atom. The summed E-state index contributed by atoms with van der Waals surface area (Å²) in [6.07, 6.45) is 8.81. The molecule has 2 aliphatic rings. The molecule has 0 amide bonds. The van der Waals surface area contributed by atoms with E-state index in [1.807, 2.05) is 0 Å². The van der Waals surface area contributed by atoms with E-state index in [-0.39, 0.29) is 32.5 Å². The van der Waals surface area contributed by atoms with Gasteiger partial charge in [0.2, 0.25) is 0 Å². The number of hydrogen-bond acceptors (Lipinski definition) is 2.